The second-order valence-corrected chi connectivity index (χ2v) is 8.71. The predicted octanol–water partition coefficient (Wildman–Crippen LogP) is 5.05. The number of halogens is 2. The van der Waals surface area contributed by atoms with Gasteiger partial charge in [0.25, 0.3) is 17.6 Å². The van der Waals surface area contributed by atoms with Crippen LogP contribution in [-0.2, 0) is 10.3 Å². The summed E-state index contributed by atoms with van der Waals surface area (Å²) in [5.41, 5.74) is 1.24. The second kappa shape index (κ2) is 9.52. The van der Waals surface area contributed by atoms with Gasteiger partial charge >= 0.3 is 6.03 Å². The van der Waals surface area contributed by atoms with E-state index in [-0.39, 0.29) is 0 Å². The zero-order chi connectivity index (χ0) is 24.3. The first-order chi connectivity index (χ1) is 16.2. The summed E-state index contributed by atoms with van der Waals surface area (Å²) < 4.78 is 25.0. The Morgan fingerprint density at radius 3 is 2.38 bits per heavy atom. The Bertz CT molecular complexity index is 1250. The van der Waals surface area contributed by atoms with E-state index in [1.165, 1.54) is 0 Å². The molecule has 1 unspecified atom stereocenters. The quantitative estimate of drug-likeness (QED) is 0.279. The second-order valence-electron chi connectivity index (χ2n) is 7.64. The fraction of sp³-hybridized carbons (Fsp3) is 0.125. The van der Waals surface area contributed by atoms with E-state index in [4.69, 9.17) is 0 Å². The van der Waals surface area contributed by atoms with Gasteiger partial charge in [-0.1, -0.05) is 36.0 Å². The highest BCUT2D eigenvalue weighted by atomic mass is 32.2. The molecule has 1 saturated heterocycles. The topological polar surface area (TPSA) is 99.3 Å². The molecular weight excluding hydrogens is 462 g/mol. The van der Waals surface area contributed by atoms with Crippen molar-refractivity contribution in [1.29, 1.82) is 0 Å². The molecule has 0 aliphatic carbocycles. The average Bonchev–Trinajstić information content (AvgIpc) is 3.07. The molecule has 34 heavy (non-hydrogen) atoms. The molecule has 0 spiro atoms. The van der Waals surface area contributed by atoms with Gasteiger partial charge in [-0.25, -0.2) is 4.79 Å². The predicted molar refractivity (Wildman–Crippen MR) is 126 cm³/mol. The average molecular weight is 483 g/mol. The van der Waals surface area contributed by atoms with Crippen molar-refractivity contribution in [2.45, 2.75) is 23.1 Å². The zero-order valence-corrected chi connectivity index (χ0v) is 18.7. The number of alkyl halides is 2. The number of anilines is 3. The van der Waals surface area contributed by atoms with Crippen molar-refractivity contribution in [3.05, 3.63) is 83.9 Å². The number of carbonyl (C=O) groups excluding carboxylic acids is 3. The molecule has 10 heteroatoms. The molecule has 0 saturated carbocycles. The molecule has 7 nitrogen and oxygen atoms in total. The van der Waals surface area contributed by atoms with E-state index in [0.29, 0.717) is 44.8 Å². The number of benzene rings is 3. The number of carbonyl (C=O) groups is 3. The Hall–Kier alpha value is -3.92. The largest absolute Gasteiger partial charge is 0.355 e. The third kappa shape index (κ3) is 5.01. The first-order valence-corrected chi connectivity index (χ1v) is 11.1. The molecule has 0 aromatic heterocycles. The number of nitrogens with one attached hydrogen (secondary N) is 4. The van der Waals surface area contributed by atoms with Gasteiger partial charge in [-0.2, -0.15) is 8.78 Å². The Morgan fingerprint density at radius 2 is 1.71 bits per heavy atom. The standard InChI is InChI=1S/C24H20F2N4O3S/c1-24(21(32)29-23(33)30-24)14-5-4-6-16(13-14)28-20(31)18-7-2-3-8-19(18)27-15-9-11-17(12-10-15)34-22(25)26/h2-13,22,27H,1H3,(H,28,31)(H2,29,30,32,33). The van der Waals surface area contributed by atoms with Gasteiger partial charge < -0.3 is 16.0 Å². The number of hydrogen-bond acceptors (Lipinski definition) is 5. The number of amides is 4. The van der Waals surface area contributed by atoms with E-state index in [9.17, 15) is 23.2 Å². The number of para-hydroxylation sites is 1. The molecule has 3 aromatic rings. The van der Waals surface area contributed by atoms with Crippen molar-refractivity contribution in [2.24, 2.45) is 0 Å². The van der Waals surface area contributed by atoms with Crippen LogP contribution in [0.2, 0.25) is 0 Å². The van der Waals surface area contributed by atoms with Gasteiger partial charge in [0.2, 0.25) is 0 Å². The highest BCUT2D eigenvalue weighted by Crippen LogP contribution is 2.29. The van der Waals surface area contributed by atoms with E-state index in [1.807, 2.05) is 0 Å². The van der Waals surface area contributed by atoms with Crippen LogP contribution in [0.5, 0.6) is 0 Å². The summed E-state index contributed by atoms with van der Waals surface area (Å²) in [6.07, 6.45) is 0. The van der Waals surface area contributed by atoms with Crippen molar-refractivity contribution in [3.8, 4) is 0 Å². The monoisotopic (exact) mass is 482 g/mol. The molecule has 3 aromatic carbocycles. The summed E-state index contributed by atoms with van der Waals surface area (Å²) in [6.45, 7) is 1.58. The van der Waals surface area contributed by atoms with Crippen LogP contribution < -0.4 is 21.3 Å². The summed E-state index contributed by atoms with van der Waals surface area (Å²) in [5, 5.41) is 10.8. The normalized spacial score (nSPS) is 17.3. The molecule has 4 rings (SSSR count). The molecule has 174 valence electrons. The molecular formula is C24H20F2N4O3S. The first kappa shape index (κ1) is 23.2. The van der Waals surface area contributed by atoms with E-state index in [0.717, 1.165) is 0 Å². The Balaban J connectivity index is 1.52. The lowest BCUT2D eigenvalue weighted by Crippen LogP contribution is -2.40. The number of hydrogen-bond donors (Lipinski definition) is 4. The molecule has 1 aliphatic rings. The van der Waals surface area contributed by atoms with Crippen LogP contribution in [0.1, 0.15) is 22.8 Å². The lowest BCUT2D eigenvalue weighted by Gasteiger charge is -2.22. The lowest BCUT2D eigenvalue weighted by atomic mass is 9.92. The molecule has 1 aliphatic heterocycles. The molecule has 1 heterocycles. The van der Waals surface area contributed by atoms with E-state index < -0.39 is 29.1 Å². The van der Waals surface area contributed by atoms with Crippen LogP contribution in [0.25, 0.3) is 0 Å². The lowest BCUT2D eigenvalue weighted by molar-refractivity contribution is -0.123. The Kier molecular flexibility index (Phi) is 6.51. The van der Waals surface area contributed by atoms with Crippen LogP contribution in [0.15, 0.2) is 77.7 Å². The van der Waals surface area contributed by atoms with Crippen molar-refractivity contribution in [2.75, 3.05) is 10.6 Å². The maximum Gasteiger partial charge on any atom is 0.322 e. The minimum absolute atomic E-state index is 0.358. The summed E-state index contributed by atoms with van der Waals surface area (Å²) in [5.74, 6) is -3.37. The minimum Gasteiger partial charge on any atom is -0.355 e. The smallest absolute Gasteiger partial charge is 0.322 e. The maximum atomic E-state index is 13.0. The van der Waals surface area contributed by atoms with Gasteiger partial charge in [0.05, 0.1) is 11.3 Å². The molecule has 4 amide bonds. The number of imide groups is 1. The highest BCUT2D eigenvalue weighted by Gasteiger charge is 2.43. The zero-order valence-electron chi connectivity index (χ0n) is 17.9. The van der Waals surface area contributed by atoms with Crippen LogP contribution in [0.3, 0.4) is 0 Å². The SMILES string of the molecule is CC1(c2cccc(NC(=O)c3ccccc3Nc3ccc(SC(F)F)cc3)c2)NC(=O)NC1=O. The first-order valence-electron chi connectivity index (χ1n) is 10.2. The van der Waals surface area contributed by atoms with Crippen molar-refractivity contribution in [1.82, 2.24) is 10.6 Å². The fourth-order valence-electron chi connectivity index (χ4n) is 3.52. The number of thioether (sulfide) groups is 1. The molecule has 0 bridgehead atoms. The number of urea groups is 1. The van der Waals surface area contributed by atoms with Gasteiger partial charge in [0, 0.05) is 16.3 Å². The maximum absolute atomic E-state index is 13.0. The highest BCUT2D eigenvalue weighted by molar-refractivity contribution is 7.99. The van der Waals surface area contributed by atoms with Gasteiger partial charge in [-0.3, -0.25) is 14.9 Å². The Labute approximate surface area is 198 Å². The number of rotatable bonds is 7. The van der Waals surface area contributed by atoms with Gasteiger partial charge in [-0.05, 0) is 61.0 Å². The molecule has 1 fully saturated rings. The van der Waals surface area contributed by atoms with Gasteiger partial charge in [-0.15, -0.1) is 0 Å². The summed E-state index contributed by atoms with van der Waals surface area (Å²) >= 11 is 0.459. The van der Waals surface area contributed by atoms with Crippen LogP contribution >= 0.6 is 11.8 Å². The fourth-order valence-corrected chi connectivity index (χ4v) is 4.02. The third-order valence-electron chi connectivity index (χ3n) is 5.27. The molecule has 1 atom stereocenters. The summed E-state index contributed by atoms with van der Waals surface area (Å²) in [6, 6.07) is 19.4. The van der Waals surface area contributed by atoms with E-state index in [1.54, 1.807) is 79.7 Å². The summed E-state index contributed by atoms with van der Waals surface area (Å²) in [4.78, 5) is 37.3. The van der Waals surface area contributed by atoms with E-state index in [2.05, 4.69) is 21.3 Å². The van der Waals surface area contributed by atoms with Crippen LogP contribution in [0.4, 0.5) is 30.6 Å². The van der Waals surface area contributed by atoms with Crippen molar-refractivity contribution < 1.29 is 23.2 Å². The van der Waals surface area contributed by atoms with Crippen molar-refractivity contribution >= 4 is 46.7 Å². The van der Waals surface area contributed by atoms with Crippen molar-refractivity contribution in [3.63, 3.8) is 0 Å². The molecule has 0 radical (unpaired) electrons. The minimum atomic E-state index is -2.50. The van der Waals surface area contributed by atoms with Gasteiger partial charge in [0.15, 0.2) is 0 Å². The Morgan fingerprint density at radius 1 is 0.971 bits per heavy atom. The molecule has 4 N–H and O–H groups in total. The van der Waals surface area contributed by atoms with E-state index >= 15 is 0 Å². The van der Waals surface area contributed by atoms with Crippen LogP contribution in [0, 0.1) is 0 Å². The third-order valence-corrected chi connectivity index (χ3v) is 6.00. The summed E-state index contributed by atoms with van der Waals surface area (Å²) in [7, 11) is 0. The van der Waals surface area contributed by atoms with Crippen LogP contribution in [-0.4, -0.2) is 23.6 Å². The van der Waals surface area contributed by atoms with Gasteiger partial charge in [0.1, 0.15) is 5.54 Å².